The lowest BCUT2D eigenvalue weighted by atomic mass is 10.0. The molecule has 4 unspecified atom stereocenters. The Morgan fingerprint density at radius 3 is 1.49 bits per heavy atom. The number of methoxy groups -OCH3 is 2. The van der Waals surface area contributed by atoms with E-state index in [1.807, 2.05) is 49.6 Å². The SMILES string of the molecule is COC(=O)NC(C(=O)N1CCCC1c1nc2ccc(-c3ccc(-c4ccc5nc(C6CCCN6C(=O)C(NC(=O)OC)C(C)C)[nH]c5c4)s3)cc2[nH]1)C(C)C. The number of hydrogen-bond acceptors (Lipinski definition) is 9. The molecule has 15 heteroatoms. The zero-order valence-corrected chi connectivity index (χ0v) is 32.8. The number of imidazole rings is 2. The number of aromatic nitrogens is 4. The van der Waals surface area contributed by atoms with Crippen LogP contribution in [0.1, 0.15) is 77.1 Å². The Morgan fingerprint density at radius 2 is 1.11 bits per heavy atom. The first-order valence-corrected chi connectivity index (χ1v) is 19.7. The molecule has 2 aromatic carbocycles. The van der Waals surface area contributed by atoms with Crippen molar-refractivity contribution in [2.45, 2.75) is 77.5 Å². The monoisotopic (exact) mass is 768 g/mol. The molecule has 2 aliphatic rings. The molecule has 0 saturated carbocycles. The molecule has 4 amide bonds. The number of aromatic amines is 2. The number of nitrogens with one attached hydrogen (secondary N) is 4. The number of nitrogens with zero attached hydrogens (tertiary/aromatic N) is 4. The van der Waals surface area contributed by atoms with Crippen molar-refractivity contribution in [2.24, 2.45) is 11.8 Å². The molecule has 7 rings (SSSR count). The molecule has 2 saturated heterocycles. The highest BCUT2D eigenvalue weighted by Gasteiger charge is 2.39. The normalized spacial score (nSPS) is 18.3. The summed E-state index contributed by atoms with van der Waals surface area (Å²) in [5.74, 6) is 0.978. The minimum Gasteiger partial charge on any atom is -0.453 e. The number of rotatable bonds is 10. The van der Waals surface area contributed by atoms with Crippen LogP contribution in [0.4, 0.5) is 9.59 Å². The van der Waals surface area contributed by atoms with Gasteiger partial charge in [-0.2, -0.15) is 0 Å². The van der Waals surface area contributed by atoms with E-state index in [9.17, 15) is 19.2 Å². The van der Waals surface area contributed by atoms with Gasteiger partial charge in [-0.05, 0) is 85.0 Å². The maximum Gasteiger partial charge on any atom is 0.407 e. The van der Waals surface area contributed by atoms with Crippen molar-refractivity contribution >= 4 is 57.4 Å². The van der Waals surface area contributed by atoms with Crippen LogP contribution in [-0.2, 0) is 19.1 Å². The van der Waals surface area contributed by atoms with Crippen LogP contribution in [0.5, 0.6) is 0 Å². The zero-order valence-electron chi connectivity index (χ0n) is 32.0. The number of H-pyrrole nitrogens is 2. The van der Waals surface area contributed by atoms with E-state index in [1.54, 1.807) is 11.3 Å². The van der Waals surface area contributed by atoms with Gasteiger partial charge in [0.15, 0.2) is 0 Å². The highest BCUT2D eigenvalue weighted by atomic mass is 32.1. The first-order chi connectivity index (χ1) is 26.4. The van der Waals surface area contributed by atoms with E-state index in [0.717, 1.165) is 80.3 Å². The molecule has 14 nitrogen and oxygen atoms in total. The molecule has 0 bridgehead atoms. The fourth-order valence-corrected chi connectivity index (χ4v) is 8.71. The molecule has 290 valence electrons. The van der Waals surface area contributed by atoms with Crippen LogP contribution in [-0.4, -0.2) is 93.1 Å². The molecule has 5 heterocycles. The maximum atomic E-state index is 13.6. The van der Waals surface area contributed by atoms with Crippen molar-refractivity contribution in [3.8, 4) is 20.9 Å². The molecule has 2 aliphatic heterocycles. The lowest BCUT2D eigenvalue weighted by Crippen LogP contribution is -2.51. The van der Waals surface area contributed by atoms with Crippen molar-refractivity contribution in [1.82, 2.24) is 40.4 Å². The number of carbonyl (C=O) groups excluding carboxylic acids is 4. The topological polar surface area (TPSA) is 175 Å². The van der Waals surface area contributed by atoms with Crippen LogP contribution < -0.4 is 10.6 Å². The second-order valence-electron chi connectivity index (χ2n) is 15.0. The minimum atomic E-state index is -0.692. The second-order valence-corrected chi connectivity index (χ2v) is 16.1. The maximum absolute atomic E-state index is 13.6. The van der Waals surface area contributed by atoms with Gasteiger partial charge < -0.3 is 39.9 Å². The average Bonchev–Trinajstić information content (AvgIpc) is 4.02. The number of fused-ring (bicyclic) bond motifs is 2. The molecule has 2 fully saturated rings. The largest absolute Gasteiger partial charge is 0.453 e. The second kappa shape index (κ2) is 15.7. The Labute approximate surface area is 323 Å². The third kappa shape index (κ3) is 7.62. The summed E-state index contributed by atoms with van der Waals surface area (Å²) in [7, 11) is 2.58. The molecule has 5 aromatic rings. The van der Waals surface area contributed by atoms with Crippen LogP contribution in [0, 0.1) is 11.8 Å². The van der Waals surface area contributed by atoms with Gasteiger partial charge in [-0.15, -0.1) is 11.3 Å². The van der Waals surface area contributed by atoms with Gasteiger partial charge in [0, 0.05) is 22.8 Å². The Hall–Kier alpha value is -5.44. The van der Waals surface area contributed by atoms with Crippen LogP contribution in [0.15, 0.2) is 48.5 Å². The van der Waals surface area contributed by atoms with Gasteiger partial charge in [0.2, 0.25) is 11.8 Å². The lowest BCUT2D eigenvalue weighted by Gasteiger charge is -2.29. The molecule has 0 spiro atoms. The summed E-state index contributed by atoms with van der Waals surface area (Å²) in [4.78, 5) is 73.8. The smallest absolute Gasteiger partial charge is 0.407 e. The van der Waals surface area contributed by atoms with Gasteiger partial charge >= 0.3 is 12.2 Å². The number of amides is 4. The first-order valence-electron chi connectivity index (χ1n) is 18.9. The van der Waals surface area contributed by atoms with Crippen molar-refractivity contribution in [3.63, 3.8) is 0 Å². The lowest BCUT2D eigenvalue weighted by molar-refractivity contribution is -0.136. The highest BCUT2D eigenvalue weighted by molar-refractivity contribution is 7.18. The van der Waals surface area contributed by atoms with Crippen LogP contribution >= 0.6 is 11.3 Å². The third-order valence-electron chi connectivity index (χ3n) is 10.7. The number of thiophene rings is 1. The van der Waals surface area contributed by atoms with E-state index >= 15 is 0 Å². The summed E-state index contributed by atoms with van der Waals surface area (Å²) in [6, 6.07) is 14.8. The molecule has 0 aliphatic carbocycles. The Bertz CT molecular complexity index is 2070. The van der Waals surface area contributed by atoms with E-state index < -0.39 is 24.3 Å². The number of likely N-dealkylation sites (tertiary alicyclic amines) is 2. The number of ether oxygens (including phenoxy) is 2. The molecular weight excluding hydrogens is 721 g/mol. The van der Waals surface area contributed by atoms with Crippen molar-refractivity contribution in [1.29, 1.82) is 0 Å². The van der Waals surface area contributed by atoms with E-state index in [1.165, 1.54) is 14.2 Å². The summed E-state index contributed by atoms with van der Waals surface area (Å²) >= 11 is 1.69. The van der Waals surface area contributed by atoms with Crippen molar-refractivity contribution < 1.29 is 28.7 Å². The Morgan fingerprint density at radius 1 is 0.691 bits per heavy atom. The molecular formula is C40H48N8O6S. The minimum absolute atomic E-state index is 0.109. The Balaban J connectivity index is 1.08. The molecule has 55 heavy (non-hydrogen) atoms. The average molecular weight is 769 g/mol. The first kappa shape index (κ1) is 37.9. The van der Waals surface area contributed by atoms with Crippen molar-refractivity contribution in [2.75, 3.05) is 27.3 Å². The van der Waals surface area contributed by atoms with Crippen LogP contribution in [0.3, 0.4) is 0 Å². The predicted octanol–water partition coefficient (Wildman–Crippen LogP) is 6.92. The molecule has 4 atom stereocenters. The Kier molecular flexibility index (Phi) is 10.8. The van der Waals surface area contributed by atoms with Gasteiger partial charge in [-0.3, -0.25) is 9.59 Å². The standard InChI is InChI=1S/C40H48N8O6S/c1-21(2)33(45-39(51)53-5)37(49)47-17-7-9-29(47)35-41-25-13-11-23(19-27(25)43-35)31-15-16-32(55-31)24-12-14-26-28(20-24)44-36(42-26)30-10-8-18-48(30)38(50)34(22(3)4)46-40(52)54-6/h11-16,19-22,29-30,33-34H,7-10,17-18H2,1-6H3,(H,41,43)(H,42,44)(H,45,51)(H,46,52). The molecule has 4 N–H and O–H groups in total. The highest BCUT2D eigenvalue weighted by Crippen LogP contribution is 2.39. The van der Waals surface area contributed by atoms with Crippen molar-refractivity contribution in [3.05, 3.63) is 60.2 Å². The predicted molar refractivity (Wildman–Crippen MR) is 210 cm³/mol. The fraction of sp³-hybridized carbons (Fsp3) is 0.450. The van der Waals surface area contributed by atoms with E-state index in [0.29, 0.717) is 13.1 Å². The van der Waals surface area contributed by atoms with Gasteiger partial charge in [0.1, 0.15) is 23.7 Å². The van der Waals surface area contributed by atoms with E-state index in [2.05, 4.69) is 57.0 Å². The van der Waals surface area contributed by atoms with Gasteiger partial charge in [-0.1, -0.05) is 39.8 Å². The summed E-state index contributed by atoms with van der Waals surface area (Å²) in [5.41, 5.74) is 5.54. The number of carbonyl (C=O) groups is 4. The number of alkyl carbamates (subject to hydrolysis) is 2. The zero-order chi connectivity index (χ0) is 39.0. The number of hydrogen-bond donors (Lipinski definition) is 4. The quantitative estimate of drug-likeness (QED) is 0.118. The summed E-state index contributed by atoms with van der Waals surface area (Å²) in [5, 5.41) is 5.41. The summed E-state index contributed by atoms with van der Waals surface area (Å²) < 4.78 is 9.54. The third-order valence-corrected chi connectivity index (χ3v) is 11.8. The van der Waals surface area contributed by atoms with Crippen LogP contribution in [0.2, 0.25) is 0 Å². The molecule has 0 radical (unpaired) electrons. The summed E-state index contributed by atoms with van der Waals surface area (Å²) in [6.07, 6.45) is 2.00. The molecule has 3 aromatic heterocycles. The van der Waals surface area contributed by atoms with E-state index in [-0.39, 0.29) is 35.7 Å². The van der Waals surface area contributed by atoms with Gasteiger partial charge in [0.25, 0.3) is 0 Å². The van der Waals surface area contributed by atoms with Gasteiger partial charge in [0.05, 0.1) is 48.4 Å². The van der Waals surface area contributed by atoms with Gasteiger partial charge in [-0.25, -0.2) is 19.6 Å². The summed E-state index contributed by atoms with van der Waals surface area (Å²) in [6.45, 7) is 8.80. The van der Waals surface area contributed by atoms with Crippen LogP contribution in [0.25, 0.3) is 42.9 Å². The van der Waals surface area contributed by atoms with E-state index in [4.69, 9.17) is 19.4 Å². The fourth-order valence-electron chi connectivity index (χ4n) is 7.71. The number of benzene rings is 2.